The van der Waals surface area contributed by atoms with Gasteiger partial charge in [0.05, 0.1) is 12.7 Å². The van der Waals surface area contributed by atoms with E-state index in [4.69, 9.17) is 0 Å². The number of carbonyl (C=O) groups is 1. The standard InChI is InChI=1S/C15H17FN4O/c16-12-1-3-14(4-2-12)19-5-7-20(8-6-19)15(21)9-13-10-17-11-18-13/h1-4,10-11H,5-9H2,(H,17,18). The number of carbonyl (C=O) groups excluding carboxylic acids is 1. The fourth-order valence-corrected chi connectivity index (χ4v) is 2.52. The number of piperazine rings is 1. The predicted octanol–water partition coefficient (Wildman–Crippen LogP) is 1.44. The number of halogens is 1. The van der Waals surface area contributed by atoms with Crippen LogP contribution in [0.2, 0.25) is 0 Å². The first-order chi connectivity index (χ1) is 10.2. The van der Waals surface area contributed by atoms with Gasteiger partial charge in [-0.05, 0) is 24.3 Å². The van der Waals surface area contributed by atoms with Crippen LogP contribution < -0.4 is 4.90 Å². The number of imidazole rings is 1. The molecule has 2 aromatic rings. The van der Waals surface area contributed by atoms with Gasteiger partial charge in [-0.2, -0.15) is 0 Å². The maximum atomic E-state index is 12.9. The lowest BCUT2D eigenvalue weighted by atomic mass is 10.2. The highest BCUT2D eigenvalue weighted by Gasteiger charge is 2.21. The molecule has 1 saturated heterocycles. The van der Waals surface area contributed by atoms with Crippen LogP contribution in [0.4, 0.5) is 10.1 Å². The lowest BCUT2D eigenvalue weighted by Crippen LogP contribution is -2.49. The van der Waals surface area contributed by atoms with Crippen molar-refractivity contribution in [2.24, 2.45) is 0 Å². The Kier molecular flexibility index (Phi) is 3.85. The largest absolute Gasteiger partial charge is 0.368 e. The first-order valence-corrected chi connectivity index (χ1v) is 6.98. The highest BCUT2D eigenvalue weighted by Crippen LogP contribution is 2.17. The molecule has 21 heavy (non-hydrogen) atoms. The zero-order valence-corrected chi connectivity index (χ0v) is 11.6. The SMILES string of the molecule is O=C(Cc1cnc[nH]1)N1CCN(c2ccc(F)cc2)CC1. The van der Waals surface area contributed by atoms with Crippen LogP contribution in [0, 0.1) is 5.82 Å². The molecule has 0 atom stereocenters. The topological polar surface area (TPSA) is 52.2 Å². The zero-order chi connectivity index (χ0) is 14.7. The van der Waals surface area contributed by atoms with Crippen molar-refractivity contribution in [3.63, 3.8) is 0 Å². The van der Waals surface area contributed by atoms with Crippen LogP contribution >= 0.6 is 0 Å². The molecule has 0 saturated carbocycles. The Morgan fingerprint density at radius 3 is 2.52 bits per heavy atom. The Morgan fingerprint density at radius 1 is 1.19 bits per heavy atom. The molecule has 5 nitrogen and oxygen atoms in total. The number of aromatic amines is 1. The minimum Gasteiger partial charge on any atom is -0.368 e. The highest BCUT2D eigenvalue weighted by molar-refractivity contribution is 5.78. The van der Waals surface area contributed by atoms with Gasteiger partial charge in [-0.3, -0.25) is 4.79 Å². The summed E-state index contributed by atoms with van der Waals surface area (Å²) in [5.74, 6) is -0.120. The molecule has 0 unspecified atom stereocenters. The molecule has 1 aliphatic heterocycles. The Morgan fingerprint density at radius 2 is 1.90 bits per heavy atom. The fourth-order valence-electron chi connectivity index (χ4n) is 2.52. The Hall–Kier alpha value is -2.37. The third-order valence-corrected chi connectivity index (χ3v) is 3.72. The average molecular weight is 288 g/mol. The first-order valence-electron chi connectivity index (χ1n) is 6.98. The van der Waals surface area contributed by atoms with Gasteiger partial charge in [-0.1, -0.05) is 0 Å². The summed E-state index contributed by atoms with van der Waals surface area (Å²) in [6, 6.07) is 6.48. The normalized spacial score (nSPS) is 15.3. The summed E-state index contributed by atoms with van der Waals surface area (Å²) in [5.41, 5.74) is 1.83. The van der Waals surface area contributed by atoms with E-state index in [1.807, 2.05) is 4.90 Å². The average Bonchev–Trinajstić information content (AvgIpc) is 3.01. The Labute approximate surface area is 122 Å². The van der Waals surface area contributed by atoms with E-state index in [1.54, 1.807) is 24.7 Å². The number of anilines is 1. The molecule has 1 aliphatic rings. The van der Waals surface area contributed by atoms with Gasteiger partial charge in [0.15, 0.2) is 0 Å². The van der Waals surface area contributed by atoms with Crippen molar-refractivity contribution < 1.29 is 9.18 Å². The molecule has 0 radical (unpaired) electrons. The van der Waals surface area contributed by atoms with Crippen LogP contribution in [0.3, 0.4) is 0 Å². The zero-order valence-electron chi connectivity index (χ0n) is 11.6. The number of nitrogens with one attached hydrogen (secondary N) is 1. The summed E-state index contributed by atoms with van der Waals surface area (Å²) in [5, 5.41) is 0. The third kappa shape index (κ3) is 3.21. The second-order valence-electron chi connectivity index (χ2n) is 5.10. The molecule has 3 rings (SSSR count). The van der Waals surface area contributed by atoms with Crippen LogP contribution in [-0.4, -0.2) is 47.0 Å². The molecule has 1 aromatic heterocycles. The molecule has 1 fully saturated rings. The number of rotatable bonds is 3. The van der Waals surface area contributed by atoms with E-state index in [1.165, 1.54) is 12.1 Å². The second kappa shape index (κ2) is 5.95. The summed E-state index contributed by atoms with van der Waals surface area (Å²) < 4.78 is 12.9. The molecule has 1 aromatic carbocycles. The maximum Gasteiger partial charge on any atom is 0.228 e. The molecular weight excluding hydrogens is 271 g/mol. The number of hydrogen-bond acceptors (Lipinski definition) is 3. The molecule has 0 aliphatic carbocycles. The maximum absolute atomic E-state index is 12.9. The van der Waals surface area contributed by atoms with Gasteiger partial charge < -0.3 is 14.8 Å². The molecule has 0 bridgehead atoms. The first kappa shape index (κ1) is 13.6. The van der Waals surface area contributed by atoms with Gasteiger partial charge in [0.1, 0.15) is 5.82 Å². The van der Waals surface area contributed by atoms with Crippen molar-refractivity contribution in [1.82, 2.24) is 14.9 Å². The quantitative estimate of drug-likeness (QED) is 0.930. The Balaban J connectivity index is 1.55. The third-order valence-electron chi connectivity index (χ3n) is 3.72. The summed E-state index contributed by atoms with van der Waals surface area (Å²) >= 11 is 0. The van der Waals surface area contributed by atoms with Crippen molar-refractivity contribution in [3.05, 3.63) is 48.3 Å². The lowest BCUT2D eigenvalue weighted by Gasteiger charge is -2.36. The van der Waals surface area contributed by atoms with Gasteiger partial charge in [0, 0.05) is 43.8 Å². The number of H-pyrrole nitrogens is 1. The van der Waals surface area contributed by atoms with Crippen molar-refractivity contribution in [1.29, 1.82) is 0 Å². The lowest BCUT2D eigenvalue weighted by molar-refractivity contribution is -0.130. The van der Waals surface area contributed by atoms with Gasteiger partial charge >= 0.3 is 0 Å². The van der Waals surface area contributed by atoms with Crippen LogP contribution in [0.25, 0.3) is 0 Å². The van der Waals surface area contributed by atoms with Gasteiger partial charge in [-0.25, -0.2) is 9.37 Å². The van der Waals surface area contributed by atoms with E-state index in [9.17, 15) is 9.18 Å². The smallest absolute Gasteiger partial charge is 0.228 e. The highest BCUT2D eigenvalue weighted by atomic mass is 19.1. The van der Waals surface area contributed by atoms with Crippen molar-refractivity contribution >= 4 is 11.6 Å². The van der Waals surface area contributed by atoms with E-state index in [2.05, 4.69) is 14.9 Å². The summed E-state index contributed by atoms with van der Waals surface area (Å²) in [6.07, 6.45) is 3.61. The Bertz CT molecular complexity index is 589. The van der Waals surface area contributed by atoms with Crippen LogP contribution in [0.15, 0.2) is 36.8 Å². The van der Waals surface area contributed by atoms with E-state index in [-0.39, 0.29) is 11.7 Å². The molecule has 6 heteroatoms. The molecule has 110 valence electrons. The molecule has 1 amide bonds. The number of nitrogens with zero attached hydrogens (tertiary/aromatic N) is 3. The van der Waals surface area contributed by atoms with Crippen LogP contribution in [0.1, 0.15) is 5.69 Å². The van der Waals surface area contributed by atoms with Gasteiger partial charge in [-0.15, -0.1) is 0 Å². The minimum absolute atomic E-state index is 0.109. The van der Waals surface area contributed by atoms with E-state index < -0.39 is 0 Å². The van der Waals surface area contributed by atoms with Crippen molar-refractivity contribution in [2.75, 3.05) is 31.1 Å². The van der Waals surface area contributed by atoms with Crippen LogP contribution in [-0.2, 0) is 11.2 Å². The second-order valence-corrected chi connectivity index (χ2v) is 5.10. The summed E-state index contributed by atoms with van der Waals surface area (Å²) in [6.45, 7) is 2.90. The van der Waals surface area contributed by atoms with E-state index >= 15 is 0 Å². The van der Waals surface area contributed by atoms with Gasteiger partial charge in [0.25, 0.3) is 0 Å². The molecular formula is C15H17FN4O. The van der Waals surface area contributed by atoms with Crippen LogP contribution in [0.5, 0.6) is 0 Å². The number of benzene rings is 1. The number of aromatic nitrogens is 2. The van der Waals surface area contributed by atoms with E-state index in [0.29, 0.717) is 19.5 Å². The monoisotopic (exact) mass is 288 g/mol. The molecule has 2 heterocycles. The van der Waals surface area contributed by atoms with Crippen molar-refractivity contribution in [2.45, 2.75) is 6.42 Å². The number of amides is 1. The summed E-state index contributed by atoms with van der Waals surface area (Å²) in [7, 11) is 0. The van der Waals surface area contributed by atoms with Gasteiger partial charge in [0.2, 0.25) is 5.91 Å². The van der Waals surface area contributed by atoms with E-state index in [0.717, 1.165) is 24.5 Å². The summed E-state index contributed by atoms with van der Waals surface area (Å²) in [4.78, 5) is 23.0. The van der Waals surface area contributed by atoms with Crippen molar-refractivity contribution in [3.8, 4) is 0 Å². The number of hydrogen-bond donors (Lipinski definition) is 1. The molecule has 0 spiro atoms. The predicted molar refractivity (Wildman–Crippen MR) is 77.5 cm³/mol. The molecule has 1 N–H and O–H groups in total. The minimum atomic E-state index is -0.230. The fraction of sp³-hybridized carbons (Fsp3) is 0.333.